The highest BCUT2D eigenvalue weighted by Crippen LogP contribution is 2.38. The molecule has 0 atom stereocenters. The lowest BCUT2D eigenvalue weighted by Gasteiger charge is -2.08. The van der Waals surface area contributed by atoms with E-state index in [9.17, 15) is 19.2 Å². The van der Waals surface area contributed by atoms with Gasteiger partial charge in [-0.2, -0.15) is 5.10 Å². The molecule has 1 heterocycles. The summed E-state index contributed by atoms with van der Waals surface area (Å²) in [4.78, 5) is 51.4. The van der Waals surface area contributed by atoms with Crippen LogP contribution in [0.2, 0.25) is 0 Å². The fourth-order valence-corrected chi connectivity index (χ4v) is 5.42. The molecule has 202 valence electrons. The molecule has 0 aliphatic heterocycles. The number of fused-ring (bicyclic) bond motifs is 1. The van der Waals surface area contributed by atoms with E-state index in [2.05, 4.69) is 15.8 Å². The molecule has 1 aromatic heterocycles. The number of carbonyl (C=O) groups is 4. The van der Waals surface area contributed by atoms with E-state index in [0.29, 0.717) is 21.7 Å². The van der Waals surface area contributed by atoms with Gasteiger partial charge in [-0.1, -0.05) is 36.2 Å². The summed E-state index contributed by atoms with van der Waals surface area (Å²) >= 11 is 1.30. The van der Waals surface area contributed by atoms with E-state index in [4.69, 9.17) is 9.47 Å². The molecule has 0 saturated carbocycles. The van der Waals surface area contributed by atoms with Crippen LogP contribution in [-0.4, -0.2) is 36.6 Å². The van der Waals surface area contributed by atoms with Crippen molar-refractivity contribution in [3.63, 3.8) is 0 Å². The van der Waals surface area contributed by atoms with Crippen LogP contribution in [0.3, 0.4) is 0 Å². The molecule has 0 unspecified atom stereocenters. The average Bonchev–Trinajstić information content (AvgIpc) is 3.09. The number of amides is 2. The van der Waals surface area contributed by atoms with Gasteiger partial charge in [0.05, 0.1) is 23.9 Å². The van der Waals surface area contributed by atoms with Crippen molar-refractivity contribution in [2.75, 3.05) is 11.9 Å². The van der Waals surface area contributed by atoms with E-state index in [1.807, 2.05) is 19.1 Å². The van der Waals surface area contributed by atoms with Crippen molar-refractivity contribution in [1.82, 2.24) is 5.43 Å². The van der Waals surface area contributed by atoms with Crippen molar-refractivity contribution < 1.29 is 28.7 Å². The molecule has 0 radical (unpaired) electrons. The number of esters is 2. The van der Waals surface area contributed by atoms with Crippen LogP contribution in [0.1, 0.15) is 68.5 Å². The lowest BCUT2D eigenvalue weighted by atomic mass is 10.1. The second-order valence-corrected chi connectivity index (χ2v) is 10.0. The quantitative estimate of drug-likeness (QED) is 0.109. The Kier molecular flexibility index (Phi) is 9.22. The monoisotopic (exact) mass is 547 g/mol. The maximum Gasteiger partial charge on any atom is 0.343 e. The van der Waals surface area contributed by atoms with Crippen LogP contribution >= 0.6 is 11.3 Å². The molecule has 10 heteroatoms. The molecule has 2 amide bonds. The Balaban J connectivity index is 1.42. The summed E-state index contributed by atoms with van der Waals surface area (Å²) < 4.78 is 10.7. The van der Waals surface area contributed by atoms with E-state index in [1.165, 1.54) is 17.6 Å². The van der Waals surface area contributed by atoms with Gasteiger partial charge < -0.3 is 14.8 Å². The standard InChI is InChI=1S/C29H29N3O6S/c1-3-37-29(36)24-21-10-5-4-6-12-23(21)39-27(24)31-25(33)26(34)32-30-17-20-9-7-8-11-22(20)38-28(35)19-15-13-18(2)14-16-19/h7-9,11,13-17H,3-6,10,12H2,1-2H3,(H,31,33)(H,32,34)/b30-17+. The molecule has 9 nitrogen and oxygen atoms in total. The second kappa shape index (κ2) is 13.0. The number of anilines is 1. The molecule has 0 bridgehead atoms. The van der Waals surface area contributed by atoms with Gasteiger partial charge in [-0.15, -0.1) is 11.3 Å². The highest BCUT2D eigenvalue weighted by Gasteiger charge is 2.28. The van der Waals surface area contributed by atoms with Crippen LogP contribution in [0.15, 0.2) is 53.6 Å². The van der Waals surface area contributed by atoms with Gasteiger partial charge in [0.25, 0.3) is 0 Å². The zero-order chi connectivity index (χ0) is 27.8. The number of rotatable bonds is 7. The Morgan fingerprint density at radius 2 is 1.69 bits per heavy atom. The number of hydrogen-bond donors (Lipinski definition) is 2. The molecule has 1 aliphatic rings. The predicted molar refractivity (Wildman–Crippen MR) is 148 cm³/mol. The van der Waals surface area contributed by atoms with Crippen LogP contribution in [0, 0.1) is 6.92 Å². The topological polar surface area (TPSA) is 123 Å². The van der Waals surface area contributed by atoms with Crippen molar-refractivity contribution in [2.45, 2.75) is 46.0 Å². The zero-order valence-corrected chi connectivity index (χ0v) is 22.6. The first-order valence-electron chi connectivity index (χ1n) is 12.7. The van der Waals surface area contributed by atoms with E-state index >= 15 is 0 Å². The number of hydrogen-bond acceptors (Lipinski definition) is 8. The maximum absolute atomic E-state index is 12.7. The third kappa shape index (κ3) is 6.97. The number of nitrogens with zero attached hydrogens (tertiary/aromatic N) is 1. The Morgan fingerprint density at radius 1 is 0.949 bits per heavy atom. The number of aryl methyl sites for hydroxylation is 2. The number of hydrazone groups is 1. The van der Waals surface area contributed by atoms with Gasteiger partial charge in [0, 0.05) is 10.4 Å². The largest absolute Gasteiger partial charge is 0.462 e. The van der Waals surface area contributed by atoms with Crippen LogP contribution < -0.4 is 15.5 Å². The normalized spacial score (nSPS) is 12.8. The molecule has 2 N–H and O–H groups in total. The number of nitrogens with one attached hydrogen (secondary N) is 2. The van der Waals surface area contributed by atoms with Gasteiger partial charge in [0.2, 0.25) is 0 Å². The Labute approximate surface area is 230 Å². The zero-order valence-electron chi connectivity index (χ0n) is 21.7. The first-order valence-corrected chi connectivity index (χ1v) is 13.5. The minimum absolute atomic E-state index is 0.202. The van der Waals surface area contributed by atoms with Crippen molar-refractivity contribution in [2.24, 2.45) is 5.10 Å². The Bertz CT molecular complexity index is 1410. The van der Waals surface area contributed by atoms with Crippen molar-refractivity contribution >= 4 is 46.3 Å². The first-order chi connectivity index (χ1) is 18.9. The third-order valence-electron chi connectivity index (χ3n) is 6.11. The first kappa shape index (κ1) is 27.7. The fourth-order valence-electron chi connectivity index (χ4n) is 4.15. The number of thiophene rings is 1. The summed E-state index contributed by atoms with van der Waals surface area (Å²) in [6.45, 7) is 3.84. The van der Waals surface area contributed by atoms with Crippen LogP contribution in [-0.2, 0) is 27.2 Å². The SMILES string of the molecule is CCOC(=O)c1c(NC(=O)C(=O)N/N=C/c2ccccc2OC(=O)c2ccc(C)cc2)sc2c1CCCCC2. The highest BCUT2D eigenvalue weighted by molar-refractivity contribution is 7.17. The highest BCUT2D eigenvalue weighted by atomic mass is 32.1. The number of ether oxygens (including phenoxy) is 2. The summed E-state index contributed by atoms with van der Waals surface area (Å²) in [5, 5.41) is 6.72. The number of carbonyl (C=O) groups excluding carboxylic acids is 4. The smallest absolute Gasteiger partial charge is 0.343 e. The van der Waals surface area contributed by atoms with Gasteiger partial charge in [-0.05, 0) is 69.4 Å². The average molecular weight is 548 g/mol. The van der Waals surface area contributed by atoms with E-state index in [1.54, 1.807) is 43.3 Å². The van der Waals surface area contributed by atoms with Crippen molar-refractivity contribution in [3.05, 3.63) is 81.2 Å². The molecular weight excluding hydrogens is 518 g/mol. The fraction of sp³-hybridized carbons (Fsp3) is 0.276. The Morgan fingerprint density at radius 3 is 2.46 bits per heavy atom. The van der Waals surface area contributed by atoms with Crippen LogP contribution in [0.4, 0.5) is 5.00 Å². The summed E-state index contributed by atoms with van der Waals surface area (Å²) in [6.07, 6.45) is 5.83. The van der Waals surface area contributed by atoms with Gasteiger partial charge >= 0.3 is 23.8 Å². The molecule has 0 spiro atoms. The summed E-state index contributed by atoms with van der Waals surface area (Å²) in [7, 11) is 0. The van der Waals surface area contributed by atoms with E-state index in [-0.39, 0.29) is 12.4 Å². The molecule has 2 aromatic carbocycles. The molecule has 4 rings (SSSR count). The predicted octanol–water partition coefficient (Wildman–Crippen LogP) is 4.81. The number of para-hydroxylation sites is 1. The van der Waals surface area contributed by atoms with Crippen LogP contribution in [0.25, 0.3) is 0 Å². The lowest BCUT2D eigenvalue weighted by molar-refractivity contribution is -0.136. The number of benzene rings is 2. The maximum atomic E-state index is 12.7. The third-order valence-corrected chi connectivity index (χ3v) is 7.32. The van der Waals surface area contributed by atoms with Gasteiger partial charge in [-0.3, -0.25) is 9.59 Å². The lowest BCUT2D eigenvalue weighted by Crippen LogP contribution is -2.32. The van der Waals surface area contributed by atoms with Crippen molar-refractivity contribution in [1.29, 1.82) is 0 Å². The molecule has 0 saturated heterocycles. The van der Waals surface area contributed by atoms with Crippen molar-refractivity contribution in [3.8, 4) is 5.75 Å². The summed E-state index contributed by atoms with van der Waals surface area (Å²) in [6, 6.07) is 13.6. The Hall–Kier alpha value is -4.31. The van der Waals surface area contributed by atoms with Crippen LogP contribution in [0.5, 0.6) is 5.75 Å². The molecule has 3 aromatic rings. The minimum Gasteiger partial charge on any atom is -0.462 e. The van der Waals surface area contributed by atoms with Gasteiger partial charge in [0.15, 0.2) is 0 Å². The van der Waals surface area contributed by atoms with Gasteiger partial charge in [-0.25, -0.2) is 15.0 Å². The molecular formula is C29H29N3O6S. The van der Waals surface area contributed by atoms with E-state index < -0.39 is 23.8 Å². The second-order valence-electron chi connectivity index (χ2n) is 8.94. The molecule has 0 fully saturated rings. The summed E-state index contributed by atoms with van der Waals surface area (Å²) in [5.74, 6) is -2.79. The minimum atomic E-state index is -1.02. The molecule has 39 heavy (non-hydrogen) atoms. The molecule has 1 aliphatic carbocycles. The van der Waals surface area contributed by atoms with Gasteiger partial charge in [0.1, 0.15) is 10.8 Å². The van der Waals surface area contributed by atoms with E-state index in [0.717, 1.165) is 48.1 Å². The summed E-state index contributed by atoms with van der Waals surface area (Å²) in [5.41, 5.74) is 5.23.